The highest BCUT2D eigenvalue weighted by atomic mass is 16.6. The highest BCUT2D eigenvalue weighted by Crippen LogP contribution is 2.27. The first kappa shape index (κ1) is 19.9. The molecule has 2 rings (SSSR count). The summed E-state index contributed by atoms with van der Waals surface area (Å²) >= 11 is 0. The second-order valence-electron chi connectivity index (χ2n) is 5.96. The van der Waals surface area contributed by atoms with E-state index in [0.29, 0.717) is 11.3 Å². The van der Waals surface area contributed by atoms with Crippen molar-refractivity contribution in [3.8, 4) is 5.75 Å². The number of anilines is 1. The summed E-state index contributed by atoms with van der Waals surface area (Å²) in [4.78, 5) is 34.5. The molecule has 1 atom stereocenters. The number of aryl methyl sites for hydroxylation is 2. The van der Waals surface area contributed by atoms with Crippen LogP contribution < -0.4 is 10.1 Å². The van der Waals surface area contributed by atoms with Crippen LogP contribution in [0.15, 0.2) is 42.5 Å². The van der Waals surface area contributed by atoms with Crippen LogP contribution >= 0.6 is 0 Å². The van der Waals surface area contributed by atoms with E-state index < -0.39 is 29.5 Å². The molecule has 27 heavy (non-hydrogen) atoms. The van der Waals surface area contributed by atoms with E-state index in [1.54, 1.807) is 31.2 Å². The van der Waals surface area contributed by atoms with Gasteiger partial charge in [0.15, 0.2) is 12.7 Å². The number of benzene rings is 2. The maximum absolute atomic E-state index is 12.0. The molecule has 0 unspecified atom stereocenters. The van der Waals surface area contributed by atoms with Gasteiger partial charge < -0.3 is 14.8 Å². The SMILES string of the molecule is Cc1cccc(O[C@H](C)C(=O)OCC(=O)Nc2c(C)cccc2[N+](=O)[O-])c1. The molecule has 0 saturated carbocycles. The maximum Gasteiger partial charge on any atom is 0.347 e. The first-order chi connectivity index (χ1) is 12.8. The minimum Gasteiger partial charge on any atom is -0.479 e. The molecule has 1 amide bonds. The largest absolute Gasteiger partial charge is 0.479 e. The summed E-state index contributed by atoms with van der Waals surface area (Å²) in [6, 6.07) is 11.6. The summed E-state index contributed by atoms with van der Waals surface area (Å²) in [6.45, 7) is 4.46. The summed E-state index contributed by atoms with van der Waals surface area (Å²) in [6.07, 6.45) is -0.910. The van der Waals surface area contributed by atoms with Crippen LogP contribution in [0, 0.1) is 24.0 Å². The molecule has 0 aliphatic heterocycles. The molecule has 2 aromatic rings. The third-order valence-electron chi connectivity index (χ3n) is 3.69. The van der Waals surface area contributed by atoms with Gasteiger partial charge in [0.05, 0.1) is 4.92 Å². The second-order valence-corrected chi connectivity index (χ2v) is 5.96. The topological polar surface area (TPSA) is 108 Å². The van der Waals surface area contributed by atoms with Gasteiger partial charge in [-0.25, -0.2) is 4.79 Å². The van der Waals surface area contributed by atoms with Gasteiger partial charge in [-0.2, -0.15) is 0 Å². The third kappa shape index (κ3) is 5.53. The summed E-state index contributed by atoms with van der Waals surface area (Å²) in [7, 11) is 0. The lowest BCUT2D eigenvalue weighted by molar-refractivity contribution is -0.384. The molecule has 0 aliphatic rings. The van der Waals surface area contributed by atoms with Gasteiger partial charge in [0, 0.05) is 6.07 Å². The van der Waals surface area contributed by atoms with E-state index in [0.717, 1.165) is 5.56 Å². The number of esters is 1. The van der Waals surface area contributed by atoms with Crippen molar-refractivity contribution in [3.05, 3.63) is 63.7 Å². The number of carbonyl (C=O) groups is 2. The van der Waals surface area contributed by atoms with Gasteiger partial charge in [0.25, 0.3) is 11.6 Å². The highest BCUT2D eigenvalue weighted by molar-refractivity contribution is 5.95. The van der Waals surface area contributed by atoms with Gasteiger partial charge in [-0.1, -0.05) is 24.3 Å². The fourth-order valence-corrected chi connectivity index (χ4v) is 2.34. The van der Waals surface area contributed by atoms with E-state index in [-0.39, 0.29) is 11.4 Å². The number of hydrogen-bond donors (Lipinski definition) is 1. The fraction of sp³-hybridized carbons (Fsp3) is 0.263. The summed E-state index contributed by atoms with van der Waals surface area (Å²) < 4.78 is 10.4. The number of para-hydroxylation sites is 1. The number of hydrogen-bond acceptors (Lipinski definition) is 6. The predicted molar refractivity (Wildman–Crippen MR) is 98.7 cm³/mol. The van der Waals surface area contributed by atoms with Crippen molar-refractivity contribution in [3.63, 3.8) is 0 Å². The van der Waals surface area contributed by atoms with Gasteiger partial charge in [-0.3, -0.25) is 14.9 Å². The Labute approximate surface area is 156 Å². The van der Waals surface area contributed by atoms with E-state index in [2.05, 4.69) is 5.32 Å². The van der Waals surface area contributed by atoms with Crippen LogP contribution in [-0.4, -0.2) is 29.5 Å². The Balaban J connectivity index is 1.92. The Kier molecular flexibility index (Phi) is 6.48. The summed E-state index contributed by atoms with van der Waals surface area (Å²) in [5, 5.41) is 13.5. The standard InChI is InChI=1S/C19H20N2O6/c1-12-6-4-8-15(10-12)27-14(3)19(23)26-11-17(22)20-18-13(2)7-5-9-16(18)21(24)25/h4-10,14H,11H2,1-3H3,(H,20,22)/t14-/m1/s1. The average molecular weight is 372 g/mol. The fourth-order valence-electron chi connectivity index (χ4n) is 2.34. The number of carbonyl (C=O) groups excluding carboxylic acids is 2. The molecule has 0 fully saturated rings. The number of nitro benzene ring substituents is 1. The Morgan fingerprint density at radius 1 is 1.19 bits per heavy atom. The Bertz CT molecular complexity index is 865. The highest BCUT2D eigenvalue weighted by Gasteiger charge is 2.21. The van der Waals surface area contributed by atoms with Crippen LogP contribution in [0.4, 0.5) is 11.4 Å². The molecule has 2 aromatic carbocycles. The molecular formula is C19H20N2O6. The monoisotopic (exact) mass is 372 g/mol. The number of nitrogens with one attached hydrogen (secondary N) is 1. The van der Waals surface area contributed by atoms with Crippen molar-refractivity contribution in [2.75, 3.05) is 11.9 Å². The number of ether oxygens (including phenoxy) is 2. The molecule has 142 valence electrons. The quantitative estimate of drug-likeness (QED) is 0.454. The van der Waals surface area contributed by atoms with Gasteiger partial charge >= 0.3 is 5.97 Å². The van der Waals surface area contributed by atoms with Crippen LogP contribution in [0.25, 0.3) is 0 Å². The Morgan fingerprint density at radius 3 is 2.56 bits per heavy atom. The molecule has 8 nitrogen and oxygen atoms in total. The molecule has 0 saturated heterocycles. The lowest BCUT2D eigenvalue weighted by Gasteiger charge is -2.14. The van der Waals surface area contributed by atoms with Crippen molar-refractivity contribution in [2.45, 2.75) is 26.9 Å². The van der Waals surface area contributed by atoms with E-state index >= 15 is 0 Å². The van der Waals surface area contributed by atoms with Crippen LogP contribution in [0.5, 0.6) is 5.75 Å². The molecule has 0 aliphatic carbocycles. The van der Waals surface area contributed by atoms with Crippen molar-refractivity contribution in [2.24, 2.45) is 0 Å². The number of amides is 1. The van der Waals surface area contributed by atoms with Gasteiger partial charge in [-0.05, 0) is 44.0 Å². The lowest BCUT2D eigenvalue weighted by Crippen LogP contribution is -2.30. The zero-order valence-corrected chi connectivity index (χ0v) is 15.2. The lowest BCUT2D eigenvalue weighted by atomic mass is 10.1. The van der Waals surface area contributed by atoms with Gasteiger partial charge in [-0.15, -0.1) is 0 Å². The van der Waals surface area contributed by atoms with Crippen molar-refractivity contribution in [1.29, 1.82) is 0 Å². The van der Waals surface area contributed by atoms with Gasteiger partial charge in [0.2, 0.25) is 0 Å². The van der Waals surface area contributed by atoms with E-state index in [4.69, 9.17) is 9.47 Å². The smallest absolute Gasteiger partial charge is 0.347 e. The minimum absolute atomic E-state index is 0.0765. The molecule has 0 heterocycles. The zero-order chi connectivity index (χ0) is 20.0. The third-order valence-corrected chi connectivity index (χ3v) is 3.69. The molecule has 1 N–H and O–H groups in total. The first-order valence-corrected chi connectivity index (χ1v) is 8.21. The average Bonchev–Trinajstić information content (AvgIpc) is 2.61. The normalized spacial score (nSPS) is 11.4. The zero-order valence-electron chi connectivity index (χ0n) is 15.2. The molecular weight excluding hydrogens is 352 g/mol. The Hall–Kier alpha value is -3.42. The number of rotatable bonds is 7. The van der Waals surface area contributed by atoms with E-state index in [1.807, 2.05) is 13.0 Å². The minimum atomic E-state index is -0.910. The molecule has 0 radical (unpaired) electrons. The van der Waals surface area contributed by atoms with Crippen molar-refractivity contribution >= 4 is 23.3 Å². The molecule has 0 bridgehead atoms. The number of nitro groups is 1. The molecule has 0 spiro atoms. The first-order valence-electron chi connectivity index (χ1n) is 8.21. The maximum atomic E-state index is 12.0. The second kappa shape index (κ2) is 8.79. The van der Waals surface area contributed by atoms with Crippen molar-refractivity contribution in [1.82, 2.24) is 0 Å². The van der Waals surface area contributed by atoms with E-state index in [1.165, 1.54) is 19.1 Å². The van der Waals surface area contributed by atoms with Gasteiger partial charge in [0.1, 0.15) is 11.4 Å². The van der Waals surface area contributed by atoms with Crippen LogP contribution in [0.3, 0.4) is 0 Å². The molecule has 0 aromatic heterocycles. The van der Waals surface area contributed by atoms with Crippen LogP contribution in [-0.2, 0) is 14.3 Å². The van der Waals surface area contributed by atoms with Crippen LogP contribution in [0.1, 0.15) is 18.1 Å². The van der Waals surface area contributed by atoms with Crippen molar-refractivity contribution < 1.29 is 24.0 Å². The number of nitrogens with zero attached hydrogens (tertiary/aromatic N) is 1. The summed E-state index contributed by atoms with van der Waals surface area (Å²) in [5.41, 5.74) is 1.35. The van der Waals surface area contributed by atoms with Crippen LogP contribution in [0.2, 0.25) is 0 Å². The van der Waals surface area contributed by atoms with E-state index in [9.17, 15) is 19.7 Å². The predicted octanol–water partition coefficient (Wildman–Crippen LogP) is 3.16. The molecule has 8 heteroatoms. The Morgan fingerprint density at radius 2 is 1.89 bits per heavy atom. The summed E-state index contributed by atoms with van der Waals surface area (Å²) in [5.74, 6) is -0.881.